The largest absolute Gasteiger partial charge is 0.501 e. The maximum absolute atomic E-state index is 8.44. The zero-order valence-corrected chi connectivity index (χ0v) is 39.2. The van der Waals surface area contributed by atoms with Crippen LogP contribution in [0, 0.1) is 12.1 Å². The molecule has 9 rings (SSSR count). The summed E-state index contributed by atoms with van der Waals surface area (Å²) < 4.78 is 17.1. The van der Waals surface area contributed by atoms with Crippen LogP contribution in [0.5, 0.6) is 0 Å². The van der Waals surface area contributed by atoms with Gasteiger partial charge in [0.1, 0.15) is 5.58 Å². The standard InChI is InChI=1S/C35H29N4O.C17H22NSi.Ir/c1-21(2)28-17-24(23-11-6-5-7-12-23)18-29(22(3)4)33(28)39-31-20-37-36-19-30(31)38-35(39)27-15-10-14-26-25-13-8-9-16-32(25)40-34(26)27;1-13(2)15-11-16(14-9-7-6-8-10-14)18-12-17(15)19(3,4)5;/h5-14,16-22H,1-4H3;6-9,11-13H,1-5H3;/q2*-1;/i;13D;. The second-order valence-electron chi connectivity index (χ2n) is 17.0. The molecule has 4 aromatic heterocycles. The fraction of sp³-hybridized carbons (Fsp3) is 0.231. The smallest absolute Gasteiger partial charge is 0.120 e. The fourth-order valence-corrected chi connectivity index (χ4v) is 9.46. The minimum Gasteiger partial charge on any atom is -0.501 e. The predicted octanol–water partition coefficient (Wildman–Crippen LogP) is 13.3. The molecule has 0 saturated heterocycles. The third kappa shape index (κ3) is 8.29. The summed E-state index contributed by atoms with van der Waals surface area (Å²) in [4.78, 5) is 9.74. The Labute approximate surface area is 369 Å². The van der Waals surface area contributed by atoms with Gasteiger partial charge in [0, 0.05) is 38.7 Å². The van der Waals surface area contributed by atoms with Crippen molar-refractivity contribution in [2.45, 2.75) is 78.9 Å². The Bertz CT molecular complexity index is 2940. The van der Waals surface area contributed by atoms with Crippen molar-refractivity contribution in [2.75, 3.05) is 0 Å². The molecule has 0 saturated carbocycles. The summed E-state index contributed by atoms with van der Waals surface area (Å²) in [5, 5.41) is 11.8. The average Bonchev–Trinajstić information content (AvgIpc) is 3.82. The summed E-state index contributed by atoms with van der Waals surface area (Å²) in [5.41, 5.74) is 13.2. The second-order valence-corrected chi connectivity index (χ2v) is 22.1. The van der Waals surface area contributed by atoms with Crippen LogP contribution < -0.4 is 5.19 Å². The molecule has 8 heteroatoms. The molecule has 60 heavy (non-hydrogen) atoms. The van der Waals surface area contributed by atoms with Crippen LogP contribution in [0.25, 0.3) is 72.4 Å². The maximum Gasteiger partial charge on any atom is 0.120 e. The number of rotatable bonds is 8. The van der Waals surface area contributed by atoms with Gasteiger partial charge in [0.05, 0.1) is 42.9 Å². The predicted molar refractivity (Wildman–Crippen MR) is 247 cm³/mol. The number of hydrogen-bond donors (Lipinski definition) is 0. The first-order valence-corrected chi connectivity index (χ1v) is 23.9. The average molecular weight is 983 g/mol. The molecule has 0 aliphatic carbocycles. The number of para-hydroxylation sites is 1. The van der Waals surface area contributed by atoms with Gasteiger partial charge in [-0.3, -0.25) is 4.98 Å². The first-order chi connectivity index (χ1) is 28.7. The van der Waals surface area contributed by atoms with Gasteiger partial charge in [0.15, 0.2) is 0 Å². The van der Waals surface area contributed by atoms with Gasteiger partial charge >= 0.3 is 0 Å². The number of aromatic nitrogens is 5. The van der Waals surface area contributed by atoms with Crippen molar-refractivity contribution in [3.63, 3.8) is 0 Å². The molecule has 0 spiro atoms. The van der Waals surface area contributed by atoms with Crippen molar-refractivity contribution in [1.82, 2.24) is 24.7 Å². The fourth-order valence-electron chi connectivity index (χ4n) is 7.88. The Morgan fingerprint density at radius 3 is 2.03 bits per heavy atom. The van der Waals surface area contributed by atoms with Crippen LogP contribution in [-0.2, 0) is 20.1 Å². The van der Waals surface area contributed by atoms with E-state index in [1.54, 1.807) is 6.20 Å². The first kappa shape index (κ1) is 41.2. The molecule has 1 radical (unpaired) electrons. The van der Waals surface area contributed by atoms with Crippen LogP contribution in [0.3, 0.4) is 0 Å². The van der Waals surface area contributed by atoms with Gasteiger partial charge in [0.25, 0.3) is 0 Å². The van der Waals surface area contributed by atoms with Crippen molar-refractivity contribution in [3.05, 3.63) is 157 Å². The maximum atomic E-state index is 8.44. The van der Waals surface area contributed by atoms with Crippen LogP contribution >= 0.6 is 0 Å². The van der Waals surface area contributed by atoms with Crippen molar-refractivity contribution in [3.8, 4) is 39.5 Å². The van der Waals surface area contributed by atoms with E-state index < -0.39 is 14.0 Å². The van der Waals surface area contributed by atoms with Crippen molar-refractivity contribution < 1.29 is 25.9 Å². The van der Waals surface area contributed by atoms with E-state index in [-0.39, 0.29) is 31.9 Å². The quantitative estimate of drug-likeness (QED) is 0.112. The number of fused-ring (bicyclic) bond motifs is 4. The van der Waals surface area contributed by atoms with Gasteiger partial charge < -0.3 is 14.0 Å². The SMILES string of the molecule is CC(C)c1cc(-c2ccccc2)cc(C(C)C)c1-n1c(-c2[c-]ccc3c2oc2ccccc23)nc2cnncc21.[2H]C(C)(C)c1cc(-c2[c-]cccc2)ncc1[Si](C)(C)C.[Ir]. The van der Waals surface area contributed by atoms with Crippen molar-refractivity contribution in [1.29, 1.82) is 0 Å². The molecule has 0 amide bonds. The Kier molecular flexibility index (Phi) is 12.1. The third-order valence-electron chi connectivity index (χ3n) is 10.9. The molecule has 0 unspecified atom stereocenters. The topological polar surface area (TPSA) is 69.6 Å². The monoisotopic (exact) mass is 983 g/mol. The van der Waals surface area contributed by atoms with Gasteiger partial charge in [0.2, 0.25) is 0 Å². The van der Waals surface area contributed by atoms with E-state index >= 15 is 0 Å². The van der Waals surface area contributed by atoms with E-state index in [2.05, 4.69) is 140 Å². The van der Waals surface area contributed by atoms with E-state index in [1.807, 2.05) is 74.8 Å². The molecule has 9 aromatic rings. The van der Waals surface area contributed by atoms with E-state index in [9.17, 15) is 0 Å². The molecule has 5 aromatic carbocycles. The molecule has 0 atom stereocenters. The van der Waals surface area contributed by atoms with E-state index in [4.69, 9.17) is 10.8 Å². The zero-order chi connectivity index (χ0) is 42.3. The minimum absolute atomic E-state index is 0. The van der Waals surface area contributed by atoms with Gasteiger partial charge in [-0.2, -0.15) is 10.2 Å². The Morgan fingerprint density at radius 1 is 0.683 bits per heavy atom. The minimum atomic E-state index is -1.50. The summed E-state index contributed by atoms with van der Waals surface area (Å²) in [7, 11) is -1.50. The van der Waals surface area contributed by atoms with Gasteiger partial charge in [-0.1, -0.05) is 132 Å². The molecule has 305 valence electrons. The Morgan fingerprint density at radius 2 is 1.37 bits per heavy atom. The van der Waals surface area contributed by atoms with Crippen LogP contribution in [-0.4, -0.2) is 32.8 Å². The molecule has 0 bridgehead atoms. The normalized spacial score (nSPS) is 12.2. The van der Waals surface area contributed by atoms with Gasteiger partial charge in [-0.25, -0.2) is 0 Å². The van der Waals surface area contributed by atoms with Gasteiger partial charge in [-0.15, -0.1) is 54.1 Å². The van der Waals surface area contributed by atoms with Gasteiger partial charge in [-0.05, 0) is 69.1 Å². The number of imidazole rings is 1. The van der Waals surface area contributed by atoms with Crippen molar-refractivity contribution >= 4 is 46.2 Å². The Balaban J connectivity index is 0.000000226. The molecule has 0 N–H and O–H groups in total. The number of hydrogen-bond acceptors (Lipinski definition) is 5. The van der Waals surface area contributed by atoms with E-state index in [1.165, 1.54) is 27.4 Å². The number of benzene rings is 5. The summed E-state index contributed by atoms with van der Waals surface area (Å²) >= 11 is 0. The number of furan rings is 1. The van der Waals surface area contributed by atoms with Crippen LogP contribution in [0.1, 0.15) is 77.3 Å². The Hall–Kier alpha value is -5.53. The molecule has 6 nitrogen and oxygen atoms in total. The summed E-state index contributed by atoms with van der Waals surface area (Å²) in [6.45, 7) is 19.8. The van der Waals surface area contributed by atoms with Crippen LogP contribution in [0.4, 0.5) is 0 Å². The van der Waals surface area contributed by atoms with Crippen molar-refractivity contribution in [2.24, 2.45) is 0 Å². The second kappa shape index (κ2) is 17.6. The molecule has 0 fully saturated rings. The molecule has 0 aliphatic rings. The van der Waals surface area contributed by atoms with Crippen LogP contribution in [0.2, 0.25) is 19.6 Å². The van der Waals surface area contributed by atoms with E-state index in [0.29, 0.717) is 0 Å². The summed E-state index contributed by atoms with van der Waals surface area (Å²) in [6, 6.07) is 44.0. The third-order valence-corrected chi connectivity index (χ3v) is 12.9. The number of pyridine rings is 1. The summed E-state index contributed by atoms with van der Waals surface area (Å²) in [5.74, 6) is 0.692. The first-order valence-electron chi connectivity index (χ1n) is 20.9. The molecule has 4 heterocycles. The number of nitrogens with zero attached hydrogens (tertiary/aromatic N) is 5. The zero-order valence-electron chi connectivity index (χ0n) is 36.8. The van der Waals surface area contributed by atoms with E-state index in [0.717, 1.165) is 66.9 Å². The molecular formula is C52H51IrN5OSi-2. The molecular weight excluding hydrogens is 931 g/mol. The summed E-state index contributed by atoms with van der Waals surface area (Å²) in [6.07, 6.45) is 5.52. The van der Waals surface area contributed by atoms with Crippen LogP contribution in [0.15, 0.2) is 132 Å². The molecule has 0 aliphatic heterocycles.